The highest BCUT2D eigenvalue weighted by molar-refractivity contribution is 5.29. The molecule has 0 radical (unpaired) electrons. The quantitative estimate of drug-likeness (QED) is 0.832. The molecule has 0 bridgehead atoms. The van der Waals surface area contributed by atoms with E-state index in [0.717, 1.165) is 24.9 Å². The van der Waals surface area contributed by atoms with E-state index in [4.69, 9.17) is 0 Å². The monoisotopic (exact) mass is 220 g/mol. The van der Waals surface area contributed by atoms with Crippen LogP contribution in [-0.2, 0) is 0 Å². The Morgan fingerprint density at radius 3 is 2.50 bits per heavy atom. The van der Waals surface area contributed by atoms with Crippen LogP contribution in [-0.4, -0.2) is 28.3 Å². The van der Waals surface area contributed by atoms with Gasteiger partial charge in [-0.15, -0.1) is 5.10 Å². The van der Waals surface area contributed by atoms with Gasteiger partial charge in [-0.3, -0.25) is 5.10 Å². The first-order chi connectivity index (χ1) is 7.93. The van der Waals surface area contributed by atoms with Gasteiger partial charge in [-0.1, -0.05) is 12.8 Å². The molecule has 3 rings (SSSR count). The van der Waals surface area contributed by atoms with Crippen LogP contribution in [0.3, 0.4) is 0 Å². The van der Waals surface area contributed by atoms with Crippen molar-refractivity contribution in [3.05, 3.63) is 5.82 Å². The van der Waals surface area contributed by atoms with Crippen molar-refractivity contribution in [1.82, 2.24) is 15.2 Å². The van der Waals surface area contributed by atoms with E-state index in [1.54, 1.807) is 0 Å². The van der Waals surface area contributed by atoms with Gasteiger partial charge in [-0.2, -0.15) is 4.98 Å². The van der Waals surface area contributed by atoms with Crippen LogP contribution in [0.4, 0.5) is 5.95 Å². The van der Waals surface area contributed by atoms with Crippen molar-refractivity contribution in [3.8, 4) is 0 Å². The Labute approximate surface area is 96.4 Å². The number of aromatic amines is 1. The molecule has 1 saturated carbocycles. The molecular formula is C12H20N4. The van der Waals surface area contributed by atoms with E-state index in [2.05, 4.69) is 20.1 Å². The summed E-state index contributed by atoms with van der Waals surface area (Å²) in [4.78, 5) is 6.99. The van der Waals surface area contributed by atoms with E-state index in [9.17, 15) is 0 Å². The van der Waals surface area contributed by atoms with Crippen LogP contribution >= 0.6 is 0 Å². The lowest BCUT2D eigenvalue weighted by molar-refractivity contribution is 0.568. The van der Waals surface area contributed by atoms with Crippen LogP contribution in [0.2, 0.25) is 0 Å². The average molecular weight is 220 g/mol. The Morgan fingerprint density at radius 2 is 1.75 bits per heavy atom. The first kappa shape index (κ1) is 10.1. The van der Waals surface area contributed by atoms with Crippen LogP contribution < -0.4 is 4.90 Å². The van der Waals surface area contributed by atoms with Gasteiger partial charge < -0.3 is 4.90 Å². The molecule has 0 aromatic carbocycles. The highest BCUT2D eigenvalue weighted by Crippen LogP contribution is 2.32. The van der Waals surface area contributed by atoms with Crippen molar-refractivity contribution in [1.29, 1.82) is 0 Å². The Hall–Kier alpha value is -1.06. The van der Waals surface area contributed by atoms with Gasteiger partial charge >= 0.3 is 0 Å². The first-order valence-electron chi connectivity index (χ1n) is 6.61. The average Bonchev–Trinajstić information content (AvgIpc) is 3.01. The van der Waals surface area contributed by atoms with Gasteiger partial charge in [0.05, 0.1) is 0 Å². The predicted molar refractivity (Wildman–Crippen MR) is 63.7 cm³/mol. The molecule has 16 heavy (non-hydrogen) atoms. The van der Waals surface area contributed by atoms with Crippen molar-refractivity contribution in [3.63, 3.8) is 0 Å². The van der Waals surface area contributed by atoms with Crippen LogP contribution in [0, 0.1) is 0 Å². The Balaban J connectivity index is 1.71. The normalized spacial score (nSPS) is 22.9. The summed E-state index contributed by atoms with van der Waals surface area (Å²) in [6.45, 7) is 2.25. The summed E-state index contributed by atoms with van der Waals surface area (Å²) >= 11 is 0. The Bertz CT molecular complexity index is 335. The van der Waals surface area contributed by atoms with Gasteiger partial charge in [0.2, 0.25) is 5.95 Å². The van der Waals surface area contributed by atoms with Gasteiger partial charge in [-0.05, 0) is 32.1 Å². The molecule has 1 aromatic heterocycles. The number of hydrogen-bond donors (Lipinski definition) is 1. The van der Waals surface area contributed by atoms with Crippen molar-refractivity contribution in [2.45, 2.75) is 50.9 Å². The summed E-state index contributed by atoms with van der Waals surface area (Å²) in [5.41, 5.74) is 0. The third-order valence-electron chi connectivity index (χ3n) is 3.87. The molecule has 1 saturated heterocycles. The molecule has 2 aliphatic rings. The fraction of sp³-hybridized carbons (Fsp3) is 0.833. The molecule has 1 N–H and O–H groups in total. The molecule has 2 fully saturated rings. The Morgan fingerprint density at radius 1 is 1.00 bits per heavy atom. The molecular weight excluding hydrogens is 200 g/mol. The number of aromatic nitrogens is 3. The topological polar surface area (TPSA) is 44.8 Å². The molecule has 88 valence electrons. The largest absolute Gasteiger partial charge is 0.340 e. The summed E-state index contributed by atoms with van der Waals surface area (Å²) in [6, 6.07) is 0. The lowest BCUT2D eigenvalue weighted by Gasteiger charge is -2.24. The number of H-pyrrole nitrogens is 1. The second-order valence-corrected chi connectivity index (χ2v) is 5.05. The van der Waals surface area contributed by atoms with Crippen LogP contribution in [0.25, 0.3) is 0 Å². The molecule has 0 spiro atoms. The summed E-state index contributed by atoms with van der Waals surface area (Å²) in [6.07, 6.45) is 9.20. The maximum atomic E-state index is 4.68. The van der Waals surface area contributed by atoms with Crippen molar-refractivity contribution in [2.75, 3.05) is 18.0 Å². The van der Waals surface area contributed by atoms with E-state index in [1.165, 1.54) is 44.9 Å². The minimum atomic E-state index is 0.644. The zero-order chi connectivity index (χ0) is 10.8. The highest BCUT2D eigenvalue weighted by atomic mass is 15.4. The van der Waals surface area contributed by atoms with Crippen LogP contribution in [0.15, 0.2) is 0 Å². The predicted octanol–water partition coefficient (Wildman–Crippen LogP) is 2.45. The van der Waals surface area contributed by atoms with E-state index in [-0.39, 0.29) is 0 Å². The van der Waals surface area contributed by atoms with E-state index >= 15 is 0 Å². The number of piperidine rings is 1. The second kappa shape index (κ2) is 4.44. The maximum absolute atomic E-state index is 4.68. The molecule has 2 heterocycles. The van der Waals surface area contributed by atoms with Crippen molar-refractivity contribution < 1.29 is 0 Å². The molecule has 0 amide bonds. The second-order valence-electron chi connectivity index (χ2n) is 5.05. The smallest absolute Gasteiger partial charge is 0.244 e. The number of anilines is 1. The summed E-state index contributed by atoms with van der Waals surface area (Å²) in [5, 5.41) is 7.52. The van der Waals surface area contributed by atoms with E-state index in [1.807, 2.05) is 0 Å². The van der Waals surface area contributed by atoms with Gasteiger partial charge in [0, 0.05) is 19.0 Å². The molecule has 1 aliphatic carbocycles. The van der Waals surface area contributed by atoms with E-state index < -0.39 is 0 Å². The SMILES string of the molecule is C1CCN(c2n[nH]c(C3CCCC3)n2)CC1. The Kier molecular flexibility index (Phi) is 2.80. The number of nitrogens with one attached hydrogen (secondary N) is 1. The van der Waals surface area contributed by atoms with Gasteiger partial charge in [0.15, 0.2) is 0 Å². The third-order valence-corrected chi connectivity index (χ3v) is 3.87. The highest BCUT2D eigenvalue weighted by Gasteiger charge is 2.22. The lowest BCUT2D eigenvalue weighted by atomic mass is 10.1. The van der Waals surface area contributed by atoms with Crippen molar-refractivity contribution >= 4 is 5.95 Å². The summed E-state index contributed by atoms with van der Waals surface area (Å²) < 4.78 is 0. The molecule has 1 aromatic rings. The third kappa shape index (κ3) is 1.93. The van der Waals surface area contributed by atoms with Gasteiger partial charge in [0.1, 0.15) is 5.82 Å². The fourth-order valence-corrected chi connectivity index (χ4v) is 2.88. The maximum Gasteiger partial charge on any atom is 0.244 e. The molecule has 0 atom stereocenters. The van der Waals surface area contributed by atoms with Gasteiger partial charge in [-0.25, -0.2) is 0 Å². The first-order valence-corrected chi connectivity index (χ1v) is 6.61. The lowest BCUT2D eigenvalue weighted by Crippen LogP contribution is -2.30. The molecule has 4 heteroatoms. The molecule has 1 aliphatic heterocycles. The zero-order valence-electron chi connectivity index (χ0n) is 9.78. The van der Waals surface area contributed by atoms with Gasteiger partial charge in [0.25, 0.3) is 0 Å². The summed E-state index contributed by atoms with van der Waals surface area (Å²) in [5.74, 6) is 2.70. The van der Waals surface area contributed by atoms with E-state index in [0.29, 0.717) is 5.92 Å². The minimum absolute atomic E-state index is 0.644. The minimum Gasteiger partial charge on any atom is -0.340 e. The number of hydrogen-bond acceptors (Lipinski definition) is 3. The van der Waals surface area contributed by atoms with Crippen molar-refractivity contribution in [2.24, 2.45) is 0 Å². The molecule has 4 nitrogen and oxygen atoms in total. The standard InChI is InChI=1S/C12H20N4/c1-4-8-16(9-5-1)12-13-11(14-15-12)10-6-2-3-7-10/h10H,1-9H2,(H,13,14,15). The van der Waals surface area contributed by atoms with Crippen LogP contribution in [0.5, 0.6) is 0 Å². The van der Waals surface area contributed by atoms with Crippen LogP contribution in [0.1, 0.15) is 56.7 Å². The fourth-order valence-electron chi connectivity index (χ4n) is 2.88. The number of rotatable bonds is 2. The summed E-state index contributed by atoms with van der Waals surface area (Å²) in [7, 11) is 0. The zero-order valence-corrected chi connectivity index (χ0v) is 9.78. The number of nitrogens with zero attached hydrogens (tertiary/aromatic N) is 3. The molecule has 0 unspecified atom stereocenters.